The molecule has 0 aliphatic carbocycles. The van der Waals surface area contributed by atoms with E-state index in [0.717, 1.165) is 30.4 Å². The lowest BCUT2D eigenvalue weighted by atomic mass is 10.0. The average molecular weight is 474 g/mol. The van der Waals surface area contributed by atoms with Crippen molar-refractivity contribution >= 4 is 40.0 Å². The van der Waals surface area contributed by atoms with Gasteiger partial charge in [-0.3, -0.25) is 4.79 Å². The van der Waals surface area contributed by atoms with Crippen molar-refractivity contribution in [1.82, 2.24) is 15.3 Å². The van der Waals surface area contributed by atoms with E-state index in [4.69, 9.17) is 10.5 Å². The van der Waals surface area contributed by atoms with Crippen molar-refractivity contribution in [2.75, 3.05) is 36.1 Å². The molecule has 1 aliphatic rings. The number of methoxy groups -OCH3 is 1. The van der Waals surface area contributed by atoms with Crippen molar-refractivity contribution in [3.63, 3.8) is 0 Å². The lowest BCUT2D eigenvalue weighted by Gasteiger charge is -2.34. The van der Waals surface area contributed by atoms with Crippen LogP contribution in [0.1, 0.15) is 25.3 Å². The first-order valence-corrected chi connectivity index (χ1v) is 10.8. The highest BCUT2D eigenvalue weighted by atomic mass is 19.4. The molecule has 1 aromatic heterocycles. The fourth-order valence-corrected chi connectivity index (χ4v) is 4.16. The van der Waals surface area contributed by atoms with Gasteiger partial charge in [0.2, 0.25) is 11.9 Å². The average Bonchev–Trinajstić information content (AvgIpc) is 2.77. The Morgan fingerprint density at radius 3 is 2.74 bits per heavy atom. The van der Waals surface area contributed by atoms with Gasteiger partial charge in [-0.05, 0) is 43.2 Å². The van der Waals surface area contributed by atoms with Crippen LogP contribution in [0.4, 0.5) is 36.3 Å². The van der Waals surface area contributed by atoms with Crippen LogP contribution < -0.4 is 26.0 Å². The summed E-state index contributed by atoms with van der Waals surface area (Å²) in [4.78, 5) is 22.8. The lowest BCUT2D eigenvalue weighted by Crippen LogP contribution is -2.47. The number of piperidine rings is 1. The number of hydrogen-bond donors (Lipinski definition) is 3. The molecule has 1 amide bonds. The first-order valence-electron chi connectivity index (χ1n) is 10.8. The standard InChI is InChI=1S/C23H25F3N6O2/c1-13(33)28-16-5-4-8-32(12-16)21-18-6-3-7-19(34-2)20(18)30-22(31-21)29-17-10-14(23(24,25)26)9-15(27)11-17/h3,6-7,9-11,16H,4-5,8,12,27H2,1-2H3,(H,28,33)(H,29,30,31). The minimum atomic E-state index is -4.54. The Hall–Kier alpha value is -3.76. The van der Waals surface area contributed by atoms with E-state index in [1.54, 1.807) is 6.07 Å². The molecule has 11 heteroatoms. The number of para-hydroxylation sites is 1. The summed E-state index contributed by atoms with van der Waals surface area (Å²) in [5.74, 6) is 1.10. The van der Waals surface area contributed by atoms with E-state index < -0.39 is 11.7 Å². The number of nitrogens with one attached hydrogen (secondary N) is 2. The van der Waals surface area contributed by atoms with Crippen LogP contribution in [0.3, 0.4) is 0 Å². The minimum Gasteiger partial charge on any atom is -0.494 e. The maximum Gasteiger partial charge on any atom is 0.416 e. The zero-order valence-corrected chi connectivity index (χ0v) is 18.7. The maximum absolute atomic E-state index is 13.3. The smallest absolute Gasteiger partial charge is 0.416 e. The Bertz CT molecular complexity index is 1220. The zero-order chi connectivity index (χ0) is 24.5. The number of amides is 1. The number of benzene rings is 2. The minimum absolute atomic E-state index is 0.0369. The normalized spacial score (nSPS) is 16.4. The molecule has 1 aliphatic heterocycles. The van der Waals surface area contributed by atoms with Crippen LogP contribution in [0.2, 0.25) is 0 Å². The quantitative estimate of drug-likeness (QED) is 0.479. The van der Waals surface area contributed by atoms with Gasteiger partial charge in [-0.25, -0.2) is 4.98 Å². The van der Waals surface area contributed by atoms with Gasteiger partial charge in [0.1, 0.15) is 17.1 Å². The number of nitrogens with zero attached hydrogens (tertiary/aromatic N) is 3. The Labute approximate surface area is 194 Å². The second-order valence-electron chi connectivity index (χ2n) is 8.18. The van der Waals surface area contributed by atoms with Gasteiger partial charge in [0.05, 0.1) is 12.7 Å². The third kappa shape index (κ3) is 5.08. The number of ether oxygens (including phenoxy) is 1. The molecule has 3 aromatic rings. The Balaban J connectivity index is 1.77. The first-order chi connectivity index (χ1) is 16.1. The van der Waals surface area contributed by atoms with Crippen LogP contribution >= 0.6 is 0 Å². The molecule has 34 heavy (non-hydrogen) atoms. The summed E-state index contributed by atoms with van der Waals surface area (Å²) in [7, 11) is 1.52. The van der Waals surface area contributed by atoms with Crippen molar-refractivity contribution in [2.24, 2.45) is 0 Å². The van der Waals surface area contributed by atoms with Crippen molar-refractivity contribution in [3.05, 3.63) is 42.0 Å². The molecule has 2 heterocycles. The predicted molar refractivity (Wildman–Crippen MR) is 124 cm³/mol. The summed E-state index contributed by atoms with van der Waals surface area (Å²) >= 11 is 0. The van der Waals surface area contributed by atoms with E-state index in [1.165, 1.54) is 20.1 Å². The second kappa shape index (κ2) is 9.24. The largest absolute Gasteiger partial charge is 0.494 e. The molecule has 0 spiro atoms. The number of carbonyl (C=O) groups is 1. The Kier molecular flexibility index (Phi) is 6.36. The van der Waals surface area contributed by atoms with Gasteiger partial charge in [0, 0.05) is 42.8 Å². The number of rotatable bonds is 5. The summed E-state index contributed by atoms with van der Waals surface area (Å²) in [6, 6.07) is 8.61. The van der Waals surface area contributed by atoms with Gasteiger partial charge < -0.3 is 26.0 Å². The molecule has 1 fully saturated rings. The molecule has 0 saturated carbocycles. The van der Waals surface area contributed by atoms with Crippen LogP contribution in [0.5, 0.6) is 5.75 Å². The molecule has 4 rings (SSSR count). The molecule has 8 nitrogen and oxygen atoms in total. The van der Waals surface area contributed by atoms with Crippen LogP contribution in [0.15, 0.2) is 36.4 Å². The fourth-order valence-electron chi connectivity index (χ4n) is 4.16. The van der Waals surface area contributed by atoms with Crippen LogP contribution in [-0.4, -0.2) is 42.1 Å². The maximum atomic E-state index is 13.3. The third-order valence-electron chi connectivity index (χ3n) is 5.56. The molecule has 0 bridgehead atoms. The molecule has 1 atom stereocenters. The number of fused-ring (bicyclic) bond motifs is 1. The topological polar surface area (TPSA) is 105 Å². The zero-order valence-electron chi connectivity index (χ0n) is 18.7. The number of aromatic nitrogens is 2. The molecule has 0 radical (unpaired) electrons. The van der Waals surface area contributed by atoms with Gasteiger partial charge in [-0.1, -0.05) is 6.07 Å². The number of anilines is 4. The summed E-state index contributed by atoms with van der Waals surface area (Å²) in [5, 5.41) is 6.55. The first kappa shape index (κ1) is 23.4. The third-order valence-corrected chi connectivity index (χ3v) is 5.56. The van der Waals surface area contributed by atoms with Crippen molar-refractivity contribution in [1.29, 1.82) is 0 Å². The number of hydrogen-bond acceptors (Lipinski definition) is 7. The van der Waals surface area contributed by atoms with Crippen LogP contribution in [0.25, 0.3) is 10.9 Å². The summed E-state index contributed by atoms with van der Waals surface area (Å²) < 4.78 is 45.2. The van der Waals surface area contributed by atoms with Gasteiger partial charge in [0.15, 0.2) is 0 Å². The second-order valence-corrected chi connectivity index (χ2v) is 8.18. The summed E-state index contributed by atoms with van der Waals surface area (Å²) in [5.41, 5.74) is 5.42. The van der Waals surface area contributed by atoms with Gasteiger partial charge in [-0.2, -0.15) is 18.2 Å². The summed E-state index contributed by atoms with van der Waals surface area (Å²) in [6.45, 7) is 2.72. The number of nitrogens with two attached hydrogens (primary N) is 1. The van der Waals surface area contributed by atoms with Crippen molar-refractivity contribution < 1.29 is 22.7 Å². The monoisotopic (exact) mass is 474 g/mol. The van der Waals surface area contributed by atoms with Crippen LogP contribution in [-0.2, 0) is 11.0 Å². The number of carbonyl (C=O) groups excluding carboxylic acids is 1. The van der Waals surface area contributed by atoms with Gasteiger partial charge in [-0.15, -0.1) is 0 Å². The fraction of sp³-hybridized carbons (Fsp3) is 0.348. The highest BCUT2D eigenvalue weighted by Gasteiger charge is 2.31. The molecule has 1 saturated heterocycles. The molecule has 1 unspecified atom stereocenters. The summed E-state index contributed by atoms with van der Waals surface area (Å²) in [6.07, 6.45) is -2.86. The number of halogens is 3. The van der Waals surface area contributed by atoms with Crippen molar-refractivity contribution in [2.45, 2.75) is 32.0 Å². The molecular weight excluding hydrogens is 449 g/mol. The van der Waals surface area contributed by atoms with E-state index in [-0.39, 0.29) is 29.3 Å². The highest BCUT2D eigenvalue weighted by Crippen LogP contribution is 2.35. The van der Waals surface area contributed by atoms with E-state index in [0.29, 0.717) is 30.2 Å². The highest BCUT2D eigenvalue weighted by molar-refractivity contribution is 5.94. The molecule has 4 N–H and O–H groups in total. The van der Waals surface area contributed by atoms with Gasteiger partial charge in [0.25, 0.3) is 0 Å². The van der Waals surface area contributed by atoms with E-state index in [1.807, 2.05) is 17.0 Å². The van der Waals surface area contributed by atoms with E-state index >= 15 is 0 Å². The molecule has 180 valence electrons. The Morgan fingerprint density at radius 1 is 1.24 bits per heavy atom. The lowest BCUT2D eigenvalue weighted by molar-refractivity contribution is -0.137. The van der Waals surface area contributed by atoms with E-state index in [9.17, 15) is 18.0 Å². The van der Waals surface area contributed by atoms with Crippen molar-refractivity contribution in [3.8, 4) is 5.75 Å². The molecule has 2 aromatic carbocycles. The van der Waals surface area contributed by atoms with Crippen LogP contribution in [0, 0.1) is 0 Å². The Morgan fingerprint density at radius 2 is 2.03 bits per heavy atom. The number of alkyl halides is 3. The predicted octanol–water partition coefficient (Wildman–Crippen LogP) is 4.09. The SMILES string of the molecule is COc1cccc2c(N3CCCC(NC(C)=O)C3)nc(Nc3cc(N)cc(C(F)(F)F)c3)nc12. The van der Waals surface area contributed by atoms with E-state index in [2.05, 4.69) is 20.6 Å². The molecular formula is C23H25F3N6O2. The van der Waals surface area contributed by atoms with Gasteiger partial charge >= 0.3 is 6.18 Å². The number of nitrogen functional groups attached to an aromatic ring is 1.